The third-order valence-electron chi connectivity index (χ3n) is 1.24. The predicted molar refractivity (Wildman–Crippen MR) is 35.7 cm³/mol. The summed E-state index contributed by atoms with van der Waals surface area (Å²) in [5.74, 6) is -1.93. The van der Waals surface area contributed by atoms with Crippen LogP contribution in [0.25, 0.3) is 0 Å². The largest absolute Gasteiger partial charge is 0.406 e. The Labute approximate surface area is 76.1 Å². The lowest BCUT2D eigenvalue weighted by molar-refractivity contribution is -0.168. The molecular formula is C6H8F5NO2. The molecule has 8 heteroatoms. The summed E-state index contributed by atoms with van der Waals surface area (Å²) in [6, 6.07) is 0. The smallest absolute Gasteiger partial charge is 0.395 e. The highest BCUT2D eigenvalue weighted by molar-refractivity contribution is 5.79. The van der Waals surface area contributed by atoms with Gasteiger partial charge in [-0.15, -0.1) is 0 Å². The standard InChI is InChI=1S/C6H8F5NO2/c7-4(8)5(14)12(1-2-13)3-6(9,10)11/h4,13H,1-3H2. The number of aliphatic hydroxyl groups is 1. The topological polar surface area (TPSA) is 40.5 Å². The molecule has 1 amide bonds. The summed E-state index contributed by atoms with van der Waals surface area (Å²) >= 11 is 0. The minimum Gasteiger partial charge on any atom is -0.395 e. The van der Waals surface area contributed by atoms with Gasteiger partial charge in [-0.25, -0.2) is 0 Å². The summed E-state index contributed by atoms with van der Waals surface area (Å²) < 4.78 is 58.7. The highest BCUT2D eigenvalue weighted by Gasteiger charge is 2.35. The molecule has 0 aromatic rings. The van der Waals surface area contributed by atoms with E-state index in [0.717, 1.165) is 0 Å². The van der Waals surface area contributed by atoms with Crippen LogP contribution in [0.5, 0.6) is 0 Å². The van der Waals surface area contributed by atoms with Crippen molar-refractivity contribution >= 4 is 5.91 Å². The first-order valence-corrected chi connectivity index (χ1v) is 3.52. The van der Waals surface area contributed by atoms with Gasteiger partial charge in [0.15, 0.2) is 0 Å². The van der Waals surface area contributed by atoms with Crippen LogP contribution in [0.2, 0.25) is 0 Å². The second-order valence-electron chi connectivity index (χ2n) is 2.40. The fourth-order valence-electron chi connectivity index (χ4n) is 0.742. The molecule has 0 bridgehead atoms. The Balaban J connectivity index is 4.36. The Morgan fingerprint density at radius 3 is 2.14 bits per heavy atom. The molecule has 0 atom stereocenters. The molecule has 0 unspecified atom stereocenters. The van der Waals surface area contributed by atoms with Crippen LogP contribution >= 0.6 is 0 Å². The van der Waals surface area contributed by atoms with Crippen LogP contribution in [0, 0.1) is 0 Å². The number of alkyl halides is 5. The van der Waals surface area contributed by atoms with E-state index in [1.165, 1.54) is 0 Å². The maximum atomic E-state index is 11.7. The van der Waals surface area contributed by atoms with Crippen molar-refractivity contribution in [2.45, 2.75) is 12.6 Å². The highest BCUT2D eigenvalue weighted by Crippen LogP contribution is 2.17. The molecule has 0 fully saturated rings. The number of aliphatic hydroxyl groups excluding tert-OH is 1. The van der Waals surface area contributed by atoms with E-state index < -0.39 is 38.2 Å². The van der Waals surface area contributed by atoms with Crippen molar-refractivity contribution < 1.29 is 31.9 Å². The minimum absolute atomic E-state index is 0.134. The first kappa shape index (κ1) is 13.1. The van der Waals surface area contributed by atoms with Crippen LogP contribution in [-0.2, 0) is 4.79 Å². The number of halogens is 5. The number of nitrogens with zero attached hydrogens (tertiary/aromatic N) is 1. The average Bonchev–Trinajstić information content (AvgIpc) is 1.99. The number of carbonyl (C=O) groups excluding carboxylic acids is 1. The summed E-state index contributed by atoms with van der Waals surface area (Å²) in [7, 11) is 0. The monoisotopic (exact) mass is 221 g/mol. The van der Waals surface area contributed by atoms with Gasteiger partial charge in [-0.2, -0.15) is 22.0 Å². The Kier molecular flexibility index (Phi) is 4.75. The van der Waals surface area contributed by atoms with Gasteiger partial charge in [-0.1, -0.05) is 0 Å². The van der Waals surface area contributed by atoms with E-state index >= 15 is 0 Å². The van der Waals surface area contributed by atoms with Crippen LogP contribution in [0.3, 0.4) is 0 Å². The molecule has 3 nitrogen and oxygen atoms in total. The molecular weight excluding hydrogens is 213 g/mol. The van der Waals surface area contributed by atoms with Gasteiger partial charge in [0, 0.05) is 6.54 Å². The summed E-state index contributed by atoms with van der Waals surface area (Å²) in [6.07, 6.45) is -8.25. The second kappa shape index (κ2) is 5.08. The molecule has 0 saturated heterocycles. The van der Waals surface area contributed by atoms with Crippen molar-refractivity contribution in [3.05, 3.63) is 0 Å². The van der Waals surface area contributed by atoms with Crippen molar-refractivity contribution in [2.75, 3.05) is 19.7 Å². The fourth-order valence-corrected chi connectivity index (χ4v) is 0.742. The highest BCUT2D eigenvalue weighted by atomic mass is 19.4. The molecule has 0 aromatic heterocycles. The van der Waals surface area contributed by atoms with Crippen LogP contribution in [0.15, 0.2) is 0 Å². The van der Waals surface area contributed by atoms with Crippen LogP contribution in [0.1, 0.15) is 0 Å². The molecule has 0 spiro atoms. The van der Waals surface area contributed by atoms with Gasteiger partial charge >= 0.3 is 12.6 Å². The Morgan fingerprint density at radius 1 is 1.36 bits per heavy atom. The number of rotatable bonds is 4. The maximum Gasteiger partial charge on any atom is 0.406 e. The fraction of sp³-hybridized carbons (Fsp3) is 0.833. The first-order chi connectivity index (χ1) is 6.28. The average molecular weight is 221 g/mol. The van der Waals surface area contributed by atoms with Gasteiger partial charge in [0.25, 0.3) is 5.91 Å². The zero-order valence-electron chi connectivity index (χ0n) is 6.89. The van der Waals surface area contributed by atoms with Crippen LogP contribution < -0.4 is 0 Å². The second-order valence-corrected chi connectivity index (χ2v) is 2.40. The van der Waals surface area contributed by atoms with E-state index in [0.29, 0.717) is 0 Å². The Morgan fingerprint density at radius 2 is 1.86 bits per heavy atom. The van der Waals surface area contributed by atoms with Crippen LogP contribution in [0.4, 0.5) is 22.0 Å². The van der Waals surface area contributed by atoms with E-state index in [1.54, 1.807) is 0 Å². The van der Waals surface area contributed by atoms with Crippen molar-refractivity contribution in [3.8, 4) is 0 Å². The molecule has 0 aliphatic rings. The molecule has 0 heterocycles. The summed E-state index contributed by atoms with van der Waals surface area (Å²) in [4.78, 5) is 10.3. The van der Waals surface area contributed by atoms with Crippen LogP contribution in [-0.4, -0.2) is 48.2 Å². The summed E-state index contributed by atoms with van der Waals surface area (Å²) in [6.45, 7) is -3.34. The number of carbonyl (C=O) groups is 1. The van der Waals surface area contributed by atoms with Gasteiger partial charge in [-0.05, 0) is 0 Å². The summed E-state index contributed by atoms with van der Waals surface area (Å²) in [5.41, 5.74) is 0. The van der Waals surface area contributed by atoms with Gasteiger partial charge in [0.2, 0.25) is 0 Å². The molecule has 0 rings (SSSR count). The zero-order chi connectivity index (χ0) is 11.4. The Bertz CT molecular complexity index is 193. The molecule has 1 N–H and O–H groups in total. The third kappa shape index (κ3) is 4.95. The first-order valence-electron chi connectivity index (χ1n) is 3.52. The number of amides is 1. The van der Waals surface area contributed by atoms with E-state index in [9.17, 15) is 26.7 Å². The van der Waals surface area contributed by atoms with E-state index in [-0.39, 0.29) is 4.90 Å². The molecule has 14 heavy (non-hydrogen) atoms. The lowest BCUT2D eigenvalue weighted by atomic mass is 10.4. The van der Waals surface area contributed by atoms with Gasteiger partial charge in [0.05, 0.1) is 6.61 Å². The van der Waals surface area contributed by atoms with Crippen molar-refractivity contribution in [2.24, 2.45) is 0 Å². The molecule has 0 aliphatic heterocycles. The third-order valence-corrected chi connectivity index (χ3v) is 1.24. The minimum atomic E-state index is -4.75. The van der Waals surface area contributed by atoms with E-state index in [4.69, 9.17) is 5.11 Å². The quantitative estimate of drug-likeness (QED) is 0.707. The summed E-state index contributed by atoms with van der Waals surface area (Å²) in [5, 5.41) is 8.26. The lowest BCUT2D eigenvalue weighted by Crippen LogP contribution is -2.43. The maximum absolute atomic E-state index is 11.7. The molecule has 84 valence electrons. The van der Waals surface area contributed by atoms with Gasteiger partial charge in [-0.3, -0.25) is 4.79 Å². The lowest BCUT2D eigenvalue weighted by Gasteiger charge is -2.22. The number of hydrogen-bond donors (Lipinski definition) is 1. The Hall–Kier alpha value is -0.920. The van der Waals surface area contributed by atoms with E-state index in [1.807, 2.05) is 0 Å². The van der Waals surface area contributed by atoms with Gasteiger partial charge < -0.3 is 10.0 Å². The SMILES string of the molecule is O=C(C(F)F)N(CCO)CC(F)(F)F. The molecule has 0 radical (unpaired) electrons. The molecule has 0 saturated carbocycles. The number of hydrogen-bond acceptors (Lipinski definition) is 2. The van der Waals surface area contributed by atoms with Gasteiger partial charge in [0.1, 0.15) is 6.54 Å². The van der Waals surface area contributed by atoms with Crippen molar-refractivity contribution in [1.29, 1.82) is 0 Å². The normalized spacial score (nSPS) is 11.9. The van der Waals surface area contributed by atoms with Crippen molar-refractivity contribution in [1.82, 2.24) is 4.90 Å². The molecule has 0 aromatic carbocycles. The zero-order valence-corrected chi connectivity index (χ0v) is 6.89. The van der Waals surface area contributed by atoms with E-state index in [2.05, 4.69) is 0 Å². The molecule has 0 aliphatic carbocycles. The van der Waals surface area contributed by atoms with Crippen molar-refractivity contribution in [3.63, 3.8) is 0 Å². The predicted octanol–water partition coefficient (Wildman–Crippen LogP) is 0.635.